The summed E-state index contributed by atoms with van der Waals surface area (Å²) in [7, 11) is 1.72. The molecule has 2 aromatic heterocycles. The lowest BCUT2D eigenvalue weighted by Crippen LogP contribution is -2.27. The number of nitrogens with one attached hydrogen (secondary N) is 1. The van der Waals surface area contributed by atoms with E-state index in [0.717, 1.165) is 29.9 Å². The molecule has 2 rings (SSSR count). The third kappa shape index (κ3) is 3.39. The molecule has 0 aliphatic heterocycles. The van der Waals surface area contributed by atoms with Gasteiger partial charge in [-0.15, -0.1) is 0 Å². The molecule has 6 heteroatoms. The van der Waals surface area contributed by atoms with Crippen LogP contribution in [0.1, 0.15) is 40.9 Å². The molecule has 0 aliphatic carbocycles. The standard InChI is InChI=1S/C15H21N5O/c1-4-6-12-13(16)14(19-18-12)15(21)20(3)9-11-8-5-7-10(2)17-11/h5,7-8H,4,6,9,16H2,1-3H3,(H,18,19). The maximum absolute atomic E-state index is 12.4. The number of anilines is 1. The van der Waals surface area contributed by atoms with Crippen LogP contribution in [0.25, 0.3) is 0 Å². The van der Waals surface area contributed by atoms with Crippen LogP contribution in [0, 0.1) is 6.92 Å². The number of pyridine rings is 1. The molecular weight excluding hydrogens is 266 g/mol. The van der Waals surface area contributed by atoms with Crippen LogP contribution in [0.2, 0.25) is 0 Å². The maximum atomic E-state index is 12.4. The first-order valence-corrected chi connectivity index (χ1v) is 7.03. The van der Waals surface area contributed by atoms with E-state index in [1.807, 2.05) is 25.1 Å². The lowest BCUT2D eigenvalue weighted by atomic mass is 10.2. The van der Waals surface area contributed by atoms with Gasteiger partial charge < -0.3 is 10.6 Å². The summed E-state index contributed by atoms with van der Waals surface area (Å²) in [4.78, 5) is 18.4. The first kappa shape index (κ1) is 15.0. The summed E-state index contributed by atoms with van der Waals surface area (Å²) in [6, 6.07) is 5.75. The lowest BCUT2D eigenvalue weighted by Gasteiger charge is -2.16. The van der Waals surface area contributed by atoms with E-state index in [-0.39, 0.29) is 11.6 Å². The summed E-state index contributed by atoms with van der Waals surface area (Å²) in [6.07, 6.45) is 1.73. The number of aromatic amines is 1. The Morgan fingerprint density at radius 1 is 1.43 bits per heavy atom. The van der Waals surface area contributed by atoms with Crippen molar-refractivity contribution in [1.82, 2.24) is 20.1 Å². The van der Waals surface area contributed by atoms with Crippen LogP contribution in [0.3, 0.4) is 0 Å². The van der Waals surface area contributed by atoms with Gasteiger partial charge in [0.1, 0.15) is 0 Å². The van der Waals surface area contributed by atoms with Crippen molar-refractivity contribution in [2.75, 3.05) is 12.8 Å². The van der Waals surface area contributed by atoms with E-state index < -0.39 is 0 Å². The van der Waals surface area contributed by atoms with Crippen molar-refractivity contribution in [1.29, 1.82) is 0 Å². The van der Waals surface area contributed by atoms with Crippen LogP contribution < -0.4 is 5.73 Å². The molecule has 0 aliphatic rings. The van der Waals surface area contributed by atoms with E-state index in [0.29, 0.717) is 12.2 Å². The Balaban J connectivity index is 2.12. The highest BCUT2D eigenvalue weighted by Crippen LogP contribution is 2.17. The zero-order chi connectivity index (χ0) is 15.4. The number of hydrogen-bond donors (Lipinski definition) is 2. The number of rotatable bonds is 5. The van der Waals surface area contributed by atoms with E-state index in [1.165, 1.54) is 0 Å². The molecule has 3 N–H and O–H groups in total. The van der Waals surface area contributed by atoms with Crippen molar-refractivity contribution in [3.8, 4) is 0 Å². The average Bonchev–Trinajstić information content (AvgIpc) is 2.80. The fraction of sp³-hybridized carbons (Fsp3) is 0.400. The minimum Gasteiger partial charge on any atom is -0.395 e. The molecule has 6 nitrogen and oxygen atoms in total. The topological polar surface area (TPSA) is 87.9 Å². The number of carbonyl (C=O) groups is 1. The molecule has 2 aromatic rings. The molecule has 21 heavy (non-hydrogen) atoms. The number of amides is 1. The molecule has 0 spiro atoms. The van der Waals surface area contributed by atoms with Crippen molar-refractivity contribution in [2.24, 2.45) is 0 Å². The van der Waals surface area contributed by atoms with E-state index in [4.69, 9.17) is 5.73 Å². The van der Waals surface area contributed by atoms with E-state index >= 15 is 0 Å². The average molecular weight is 287 g/mol. The lowest BCUT2D eigenvalue weighted by molar-refractivity contribution is 0.0778. The van der Waals surface area contributed by atoms with Crippen molar-refractivity contribution >= 4 is 11.6 Å². The Morgan fingerprint density at radius 3 is 2.86 bits per heavy atom. The van der Waals surface area contributed by atoms with Gasteiger partial charge in [-0.2, -0.15) is 5.10 Å². The van der Waals surface area contributed by atoms with Gasteiger partial charge in [0.05, 0.1) is 23.6 Å². The number of nitrogens with zero attached hydrogens (tertiary/aromatic N) is 3. The summed E-state index contributed by atoms with van der Waals surface area (Å²) in [5.74, 6) is -0.200. The van der Waals surface area contributed by atoms with Crippen LogP contribution >= 0.6 is 0 Å². The SMILES string of the molecule is CCCc1[nH]nc(C(=O)N(C)Cc2cccc(C)n2)c1N. The first-order chi connectivity index (χ1) is 10.0. The van der Waals surface area contributed by atoms with Gasteiger partial charge in [-0.1, -0.05) is 19.4 Å². The van der Waals surface area contributed by atoms with Gasteiger partial charge in [0.2, 0.25) is 0 Å². The highest BCUT2D eigenvalue weighted by Gasteiger charge is 2.20. The molecule has 2 heterocycles. The van der Waals surface area contributed by atoms with Gasteiger partial charge in [-0.25, -0.2) is 0 Å². The Bertz CT molecular complexity index is 635. The normalized spacial score (nSPS) is 10.6. The minimum atomic E-state index is -0.200. The summed E-state index contributed by atoms with van der Waals surface area (Å²) in [5, 5.41) is 6.90. The van der Waals surface area contributed by atoms with Crippen molar-refractivity contribution in [3.63, 3.8) is 0 Å². The zero-order valence-electron chi connectivity index (χ0n) is 12.7. The van der Waals surface area contributed by atoms with Crippen molar-refractivity contribution < 1.29 is 4.79 Å². The Kier molecular flexibility index (Phi) is 4.57. The smallest absolute Gasteiger partial charge is 0.276 e. The predicted molar refractivity (Wildman–Crippen MR) is 81.8 cm³/mol. The largest absolute Gasteiger partial charge is 0.395 e. The van der Waals surface area contributed by atoms with Gasteiger partial charge in [0.15, 0.2) is 5.69 Å². The third-order valence-corrected chi connectivity index (χ3v) is 3.28. The number of aromatic nitrogens is 3. The number of nitrogen functional groups attached to an aromatic ring is 1. The van der Waals surface area contributed by atoms with E-state index in [9.17, 15) is 4.79 Å². The highest BCUT2D eigenvalue weighted by molar-refractivity contribution is 5.97. The van der Waals surface area contributed by atoms with E-state index in [1.54, 1.807) is 11.9 Å². The Hall–Kier alpha value is -2.37. The second-order valence-corrected chi connectivity index (χ2v) is 5.15. The Labute approximate surface area is 124 Å². The molecule has 0 unspecified atom stereocenters. The zero-order valence-corrected chi connectivity index (χ0v) is 12.7. The van der Waals surface area contributed by atoms with Crippen LogP contribution in [0.5, 0.6) is 0 Å². The van der Waals surface area contributed by atoms with Crippen molar-refractivity contribution in [3.05, 3.63) is 41.0 Å². The molecule has 112 valence electrons. The fourth-order valence-electron chi connectivity index (χ4n) is 2.17. The van der Waals surface area contributed by atoms with Gasteiger partial charge >= 0.3 is 0 Å². The van der Waals surface area contributed by atoms with Crippen LogP contribution in [0.4, 0.5) is 5.69 Å². The number of aryl methyl sites for hydroxylation is 2. The van der Waals surface area contributed by atoms with E-state index in [2.05, 4.69) is 22.1 Å². The van der Waals surface area contributed by atoms with Gasteiger partial charge in [-0.05, 0) is 25.5 Å². The summed E-state index contributed by atoms with van der Waals surface area (Å²) in [6.45, 7) is 4.40. The van der Waals surface area contributed by atoms with Crippen LogP contribution in [-0.2, 0) is 13.0 Å². The molecule has 0 fully saturated rings. The molecule has 0 saturated carbocycles. The second-order valence-electron chi connectivity index (χ2n) is 5.15. The van der Waals surface area contributed by atoms with Crippen LogP contribution in [0.15, 0.2) is 18.2 Å². The first-order valence-electron chi connectivity index (χ1n) is 7.03. The fourth-order valence-corrected chi connectivity index (χ4v) is 2.17. The van der Waals surface area contributed by atoms with Gasteiger partial charge in [0, 0.05) is 12.7 Å². The third-order valence-electron chi connectivity index (χ3n) is 3.28. The molecule has 0 aromatic carbocycles. The summed E-state index contributed by atoms with van der Waals surface area (Å²) >= 11 is 0. The molecule has 1 amide bonds. The minimum absolute atomic E-state index is 0.200. The molecule has 0 atom stereocenters. The molecule has 0 saturated heterocycles. The number of nitrogens with two attached hydrogens (primary N) is 1. The van der Waals surface area contributed by atoms with Crippen LogP contribution in [-0.4, -0.2) is 33.0 Å². The second kappa shape index (κ2) is 6.39. The molecule has 0 radical (unpaired) electrons. The van der Waals surface area contributed by atoms with Gasteiger partial charge in [0.25, 0.3) is 5.91 Å². The number of H-pyrrole nitrogens is 1. The predicted octanol–water partition coefficient (Wildman–Crippen LogP) is 1.92. The molecule has 0 bridgehead atoms. The number of carbonyl (C=O) groups excluding carboxylic acids is 1. The number of hydrogen-bond acceptors (Lipinski definition) is 4. The summed E-state index contributed by atoms with van der Waals surface area (Å²) < 4.78 is 0. The quantitative estimate of drug-likeness (QED) is 0.879. The van der Waals surface area contributed by atoms with Crippen molar-refractivity contribution in [2.45, 2.75) is 33.2 Å². The Morgan fingerprint density at radius 2 is 2.19 bits per heavy atom. The highest BCUT2D eigenvalue weighted by atomic mass is 16.2. The monoisotopic (exact) mass is 287 g/mol. The molecular formula is C15H21N5O. The van der Waals surface area contributed by atoms with Gasteiger partial charge in [-0.3, -0.25) is 14.9 Å². The maximum Gasteiger partial charge on any atom is 0.276 e. The summed E-state index contributed by atoms with van der Waals surface area (Å²) in [5.41, 5.74) is 9.32.